The summed E-state index contributed by atoms with van der Waals surface area (Å²) >= 11 is 0. The molecule has 0 saturated heterocycles. The summed E-state index contributed by atoms with van der Waals surface area (Å²) in [5, 5.41) is 0. The summed E-state index contributed by atoms with van der Waals surface area (Å²) in [5.74, 6) is 0.190. The van der Waals surface area contributed by atoms with Gasteiger partial charge in [0.05, 0.1) is 12.7 Å². The fourth-order valence-electron chi connectivity index (χ4n) is 1.05. The summed E-state index contributed by atoms with van der Waals surface area (Å²) in [5.41, 5.74) is 0.440. The number of esters is 1. The van der Waals surface area contributed by atoms with E-state index in [1.807, 2.05) is 0 Å². The van der Waals surface area contributed by atoms with Crippen molar-refractivity contribution in [1.29, 1.82) is 0 Å². The molecule has 4 nitrogen and oxygen atoms in total. The lowest BCUT2D eigenvalue weighted by atomic mass is 10.3. The molecule has 1 aliphatic carbocycles. The first-order valence-electron chi connectivity index (χ1n) is 4.50. The van der Waals surface area contributed by atoms with Gasteiger partial charge >= 0.3 is 5.97 Å². The van der Waals surface area contributed by atoms with Crippen LogP contribution in [0.15, 0.2) is 18.3 Å². The Labute approximate surface area is 81.9 Å². The molecule has 1 heterocycles. The van der Waals surface area contributed by atoms with Gasteiger partial charge in [-0.25, -0.2) is 9.78 Å². The van der Waals surface area contributed by atoms with Crippen molar-refractivity contribution in [3.05, 3.63) is 23.9 Å². The highest BCUT2D eigenvalue weighted by Crippen LogP contribution is 2.25. The van der Waals surface area contributed by atoms with E-state index in [-0.39, 0.29) is 5.97 Å². The molecular weight excluding hydrogens is 182 g/mol. The number of ether oxygens (including phenoxy) is 2. The molecule has 0 N–H and O–H groups in total. The number of nitrogens with zero attached hydrogens (tertiary/aromatic N) is 1. The molecule has 1 saturated carbocycles. The number of hydrogen-bond acceptors (Lipinski definition) is 4. The zero-order chi connectivity index (χ0) is 9.97. The molecule has 0 aromatic carbocycles. The quantitative estimate of drug-likeness (QED) is 0.681. The van der Waals surface area contributed by atoms with Crippen LogP contribution < -0.4 is 4.74 Å². The monoisotopic (exact) mass is 193 g/mol. The number of pyridine rings is 1. The van der Waals surface area contributed by atoms with Gasteiger partial charge in [-0.15, -0.1) is 0 Å². The topological polar surface area (TPSA) is 48.4 Å². The van der Waals surface area contributed by atoms with E-state index < -0.39 is 0 Å². The molecule has 1 fully saturated rings. The number of hydrogen-bond donors (Lipinski definition) is 0. The third kappa shape index (κ3) is 2.02. The summed E-state index contributed by atoms with van der Waals surface area (Å²) < 4.78 is 9.98. The van der Waals surface area contributed by atoms with Crippen molar-refractivity contribution in [2.45, 2.75) is 18.9 Å². The lowest BCUT2D eigenvalue weighted by Gasteiger charge is -2.03. The van der Waals surface area contributed by atoms with Gasteiger partial charge in [0.2, 0.25) is 5.88 Å². The molecule has 1 aromatic heterocycles. The van der Waals surface area contributed by atoms with Gasteiger partial charge < -0.3 is 9.47 Å². The number of rotatable bonds is 3. The second-order valence-corrected chi connectivity index (χ2v) is 3.19. The van der Waals surface area contributed by atoms with Crippen LogP contribution in [0.3, 0.4) is 0 Å². The molecule has 74 valence electrons. The summed E-state index contributed by atoms with van der Waals surface area (Å²) in [6, 6.07) is 3.33. The average molecular weight is 193 g/mol. The van der Waals surface area contributed by atoms with Crippen LogP contribution in [0.4, 0.5) is 0 Å². The zero-order valence-corrected chi connectivity index (χ0v) is 7.90. The third-order valence-corrected chi connectivity index (χ3v) is 1.97. The van der Waals surface area contributed by atoms with Crippen LogP contribution in [-0.4, -0.2) is 24.2 Å². The van der Waals surface area contributed by atoms with Crippen molar-refractivity contribution in [2.24, 2.45) is 0 Å². The smallest absolute Gasteiger partial charge is 0.339 e. The zero-order valence-electron chi connectivity index (χ0n) is 7.90. The maximum atomic E-state index is 11.1. The molecule has 0 unspecified atom stereocenters. The van der Waals surface area contributed by atoms with Crippen LogP contribution >= 0.6 is 0 Å². The lowest BCUT2D eigenvalue weighted by Crippen LogP contribution is -2.03. The second-order valence-electron chi connectivity index (χ2n) is 3.19. The van der Waals surface area contributed by atoms with Crippen LogP contribution in [0.2, 0.25) is 0 Å². The van der Waals surface area contributed by atoms with Crippen molar-refractivity contribution in [3.8, 4) is 5.88 Å². The third-order valence-electron chi connectivity index (χ3n) is 1.97. The Hall–Kier alpha value is -1.58. The highest BCUT2D eigenvalue weighted by molar-refractivity contribution is 5.88. The van der Waals surface area contributed by atoms with Gasteiger partial charge in [-0.3, -0.25) is 0 Å². The second kappa shape index (κ2) is 3.65. The Morgan fingerprint density at radius 3 is 2.79 bits per heavy atom. The summed E-state index contributed by atoms with van der Waals surface area (Å²) in [7, 11) is 1.34. The van der Waals surface area contributed by atoms with E-state index in [4.69, 9.17) is 4.74 Å². The molecular formula is C10H11NO3. The van der Waals surface area contributed by atoms with Crippen LogP contribution in [0.1, 0.15) is 23.2 Å². The standard InChI is InChI=1S/C10H11NO3/c1-13-10(12)7-2-5-9(11-6-7)14-8-3-4-8/h2,5-6,8H,3-4H2,1H3. The van der Waals surface area contributed by atoms with Crippen molar-refractivity contribution >= 4 is 5.97 Å². The minimum atomic E-state index is -0.379. The van der Waals surface area contributed by atoms with Crippen LogP contribution in [-0.2, 0) is 4.74 Å². The molecule has 14 heavy (non-hydrogen) atoms. The fourth-order valence-corrected chi connectivity index (χ4v) is 1.05. The summed E-state index contributed by atoms with van der Waals surface area (Å²) in [6.45, 7) is 0. The molecule has 0 amide bonds. The van der Waals surface area contributed by atoms with Gasteiger partial charge in [0.1, 0.15) is 6.10 Å². The van der Waals surface area contributed by atoms with E-state index in [1.54, 1.807) is 12.1 Å². The number of carbonyl (C=O) groups excluding carboxylic acids is 1. The normalized spacial score (nSPS) is 14.9. The molecule has 0 atom stereocenters. The summed E-state index contributed by atoms with van der Waals surface area (Å²) in [4.78, 5) is 15.1. The van der Waals surface area contributed by atoms with Crippen molar-refractivity contribution in [1.82, 2.24) is 4.98 Å². The first-order chi connectivity index (χ1) is 6.79. The summed E-state index contributed by atoms with van der Waals surface area (Å²) in [6.07, 6.45) is 3.98. The van der Waals surface area contributed by atoms with Crippen LogP contribution in [0, 0.1) is 0 Å². The van der Waals surface area contributed by atoms with Gasteiger partial charge in [0, 0.05) is 12.3 Å². The molecule has 2 rings (SSSR count). The molecule has 1 aliphatic rings. The van der Waals surface area contributed by atoms with Crippen molar-refractivity contribution < 1.29 is 14.3 Å². The van der Waals surface area contributed by atoms with Crippen molar-refractivity contribution in [2.75, 3.05) is 7.11 Å². The van der Waals surface area contributed by atoms with Gasteiger partial charge in [-0.2, -0.15) is 0 Å². The minimum Gasteiger partial charge on any atom is -0.474 e. The Balaban J connectivity index is 2.04. The largest absolute Gasteiger partial charge is 0.474 e. The number of carbonyl (C=O) groups is 1. The van der Waals surface area contributed by atoms with Gasteiger partial charge in [-0.1, -0.05) is 0 Å². The van der Waals surface area contributed by atoms with Gasteiger partial charge in [-0.05, 0) is 18.9 Å². The maximum Gasteiger partial charge on any atom is 0.339 e. The molecule has 0 bridgehead atoms. The van der Waals surface area contributed by atoms with Crippen LogP contribution in [0.5, 0.6) is 5.88 Å². The highest BCUT2D eigenvalue weighted by atomic mass is 16.5. The number of aromatic nitrogens is 1. The van der Waals surface area contributed by atoms with E-state index >= 15 is 0 Å². The molecule has 0 aliphatic heterocycles. The molecule has 0 spiro atoms. The Morgan fingerprint density at radius 1 is 1.50 bits per heavy atom. The van der Waals surface area contributed by atoms with E-state index in [2.05, 4.69) is 9.72 Å². The fraction of sp³-hybridized carbons (Fsp3) is 0.400. The van der Waals surface area contributed by atoms with Gasteiger partial charge in [0.25, 0.3) is 0 Å². The van der Waals surface area contributed by atoms with E-state index in [9.17, 15) is 4.79 Å². The van der Waals surface area contributed by atoms with E-state index in [0.29, 0.717) is 17.5 Å². The Bertz CT molecular complexity index is 330. The molecule has 1 aromatic rings. The average Bonchev–Trinajstić information content (AvgIpc) is 3.02. The Morgan fingerprint density at radius 2 is 2.29 bits per heavy atom. The number of methoxy groups -OCH3 is 1. The minimum absolute atomic E-state index is 0.325. The first-order valence-corrected chi connectivity index (χ1v) is 4.50. The van der Waals surface area contributed by atoms with E-state index in [0.717, 1.165) is 12.8 Å². The van der Waals surface area contributed by atoms with Crippen LogP contribution in [0.25, 0.3) is 0 Å². The van der Waals surface area contributed by atoms with Gasteiger partial charge in [0.15, 0.2) is 0 Å². The predicted molar refractivity (Wildman–Crippen MR) is 49.2 cm³/mol. The maximum absolute atomic E-state index is 11.1. The highest BCUT2D eigenvalue weighted by Gasteiger charge is 2.23. The molecule has 4 heteroatoms. The predicted octanol–water partition coefficient (Wildman–Crippen LogP) is 1.41. The van der Waals surface area contributed by atoms with E-state index in [1.165, 1.54) is 13.3 Å². The van der Waals surface area contributed by atoms with Crippen molar-refractivity contribution in [3.63, 3.8) is 0 Å². The molecule has 0 radical (unpaired) electrons. The lowest BCUT2D eigenvalue weighted by molar-refractivity contribution is 0.0600. The SMILES string of the molecule is COC(=O)c1ccc(OC2CC2)nc1. The Kier molecular flexibility index (Phi) is 2.35. The first kappa shape index (κ1) is 8.99.